The van der Waals surface area contributed by atoms with Crippen LogP contribution in [0.25, 0.3) is 0 Å². The van der Waals surface area contributed by atoms with Gasteiger partial charge in [0.25, 0.3) is 17.7 Å². The van der Waals surface area contributed by atoms with Gasteiger partial charge in [-0.05, 0) is 42.5 Å². The molecule has 0 fully saturated rings. The second-order valence-corrected chi connectivity index (χ2v) is 5.98. The van der Waals surface area contributed by atoms with Gasteiger partial charge in [0.1, 0.15) is 17.3 Å². The Balaban J connectivity index is 1.75. The maximum atomic E-state index is 13.7. The lowest BCUT2D eigenvalue weighted by Gasteiger charge is -2.17. The summed E-state index contributed by atoms with van der Waals surface area (Å²) >= 11 is 0. The van der Waals surface area contributed by atoms with Crippen molar-refractivity contribution in [1.82, 2.24) is 9.97 Å². The molecule has 10 heteroatoms. The van der Waals surface area contributed by atoms with Crippen LogP contribution in [0.1, 0.15) is 31.3 Å². The highest BCUT2D eigenvalue weighted by Gasteiger charge is 2.22. The van der Waals surface area contributed by atoms with E-state index in [1.165, 1.54) is 42.5 Å². The Bertz CT molecular complexity index is 1100. The van der Waals surface area contributed by atoms with Crippen molar-refractivity contribution in [3.63, 3.8) is 0 Å². The number of hydrogen-bond acceptors (Lipinski definition) is 4. The van der Waals surface area contributed by atoms with Crippen molar-refractivity contribution in [2.45, 2.75) is 0 Å². The Kier molecular flexibility index (Phi) is 5.35. The van der Waals surface area contributed by atoms with E-state index in [0.717, 1.165) is 18.2 Å². The molecule has 0 radical (unpaired) electrons. The molecule has 0 aliphatic heterocycles. The molecule has 8 nitrogen and oxygen atoms in total. The van der Waals surface area contributed by atoms with Crippen molar-refractivity contribution >= 4 is 29.1 Å². The summed E-state index contributed by atoms with van der Waals surface area (Å²) in [6.45, 7) is 0. The number of rotatable bonds is 5. The van der Waals surface area contributed by atoms with Crippen molar-refractivity contribution in [2.24, 2.45) is 5.73 Å². The molecule has 0 atom stereocenters. The number of nitrogens with zero attached hydrogens (tertiary/aromatic N) is 2. The van der Waals surface area contributed by atoms with E-state index in [9.17, 15) is 23.2 Å². The largest absolute Gasteiger partial charge is 0.364 e. The van der Waals surface area contributed by atoms with Crippen LogP contribution in [0.15, 0.2) is 48.8 Å². The summed E-state index contributed by atoms with van der Waals surface area (Å²) in [5.74, 6) is -3.79. The van der Waals surface area contributed by atoms with Crippen LogP contribution in [0.5, 0.6) is 0 Å². The van der Waals surface area contributed by atoms with Gasteiger partial charge < -0.3 is 20.9 Å². The number of halogens is 2. The average molecular weight is 399 g/mol. The molecule has 0 spiro atoms. The van der Waals surface area contributed by atoms with Gasteiger partial charge in [0.15, 0.2) is 5.69 Å². The van der Waals surface area contributed by atoms with Crippen LogP contribution < -0.4 is 16.0 Å². The van der Waals surface area contributed by atoms with Gasteiger partial charge in [0.2, 0.25) is 0 Å². The van der Waals surface area contributed by atoms with Gasteiger partial charge in [-0.1, -0.05) is 0 Å². The number of hydrogen-bond donors (Lipinski definition) is 3. The first-order valence-electron chi connectivity index (χ1n) is 8.25. The quantitative estimate of drug-likeness (QED) is 0.610. The van der Waals surface area contributed by atoms with Crippen LogP contribution >= 0.6 is 0 Å². The van der Waals surface area contributed by atoms with Crippen molar-refractivity contribution in [2.75, 3.05) is 17.3 Å². The van der Waals surface area contributed by atoms with Crippen LogP contribution in [0.3, 0.4) is 0 Å². The molecule has 1 aromatic heterocycles. The van der Waals surface area contributed by atoms with E-state index in [1.807, 2.05) is 0 Å². The SMILES string of the molecule is CN(C(=O)c1nc[nH]c1C(N)=O)c1ccc(NC(=O)c2cc(F)ccc2F)cc1. The Morgan fingerprint density at radius 3 is 2.45 bits per heavy atom. The molecule has 0 bridgehead atoms. The summed E-state index contributed by atoms with van der Waals surface area (Å²) in [5, 5.41) is 2.45. The van der Waals surface area contributed by atoms with E-state index in [-0.39, 0.29) is 11.4 Å². The third-order valence-electron chi connectivity index (χ3n) is 4.08. The van der Waals surface area contributed by atoms with Gasteiger partial charge >= 0.3 is 0 Å². The number of nitrogens with one attached hydrogen (secondary N) is 2. The summed E-state index contributed by atoms with van der Waals surface area (Å²) in [5.41, 5.74) is 5.27. The Morgan fingerprint density at radius 1 is 1.10 bits per heavy atom. The molecule has 0 saturated carbocycles. The minimum absolute atomic E-state index is 0.108. The molecule has 0 unspecified atom stereocenters. The molecule has 1 heterocycles. The van der Waals surface area contributed by atoms with E-state index in [2.05, 4.69) is 15.3 Å². The number of nitrogens with two attached hydrogens (primary N) is 1. The molecule has 0 aliphatic carbocycles. The molecule has 148 valence electrons. The lowest BCUT2D eigenvalue weighted by Crippen LogP contribution is -2.29. The number of aromatic amines is 1. The molecule has 29 heavy (non-hydrogen) atoms. The lowest BCUT2D eigenvalue weighted by molar-refractivity contribution is 0.0958. The van der Waals surface area contributed by atoms with Crippen LogP contribution in [0, 0.1) is 11.6 Å². The van der Waals surface area contributed by atoms with Crippen LogP contribution in [0.2, 0.25) is 0 Å². The van der Waals surface area contributed by atoms with Crippen LogP contribution in [-0.4, -0.2) is 34.7 Å². The predicted molar refractivity (Wildman–Crippen MR) is 101 cm³/mol. The summed E-state index contributed by atoms with van der Waals surface area (Å²) in [4.78, 5) is 43.6. The van der Waals surface area contributed by atoms with E-state index in [4.69, 9.17) is 5.73 Å². The Morgan fingerprint density at radius 2 is 1.79 bits per heavy atom. The summed E-state index contributed by atoms with van der Waals surface area (Å²) in [7, 11) is 1.47. The second-order valence-electron chi connectivity index (χ2n) is 5.98. The fraction of sp³-hybridized carbons (Fsp3) is 0.0526. The fourth-order valence-electron chi connectivity index (χ4n) is 2.56. The van der Waals surface area contributed by atoms with E-state index in [0.29, 0.717) is 11.4 Å². The van der Waals surface area contributed by atoms with E-state index >= 15 is 0 Å². The number of carbonyl (C=O) groups excluding carboxylic acids is 3. The number of carbonyl (C=O) groups is 3. The molecule has 3 amide bonds. The first kappa shape index (κ1) is 19.7. The van der Waals surface area contributed by atoms with Gasteiger partial charge in [-0.3, -0.25) is 14.4 Å². The zero-order valence-electron chi connectivity index (χ0n) is 15.1. The standard InChI is InChI=1S/C19H15F2N5O3/c1-26(19(29)16-15(17(22)27)23-9-24-16)12-5-3-11(4-6-12)25-18(28)13-8-10(20)2-7-14(13)21/h2-9H,1H3,(H2,22,27)(H,23,24)(H,25,28). The topological polar surface area (TPSA) is 121 Å². The van der Waals surface area contributed by atoms with Gasteiger partial charge in [-0.2, -0.15) is 0 Å². The molecule has 3 rings (SSSR count). The van der Waals surface area contributed by atoms with Gasteiger partial charge in [0.05, 0.1) is 11.9 Å². The first-order valence-corrected chi connectivity index (χ1v) is 8.25. The average Bonchev–Trinajstić information content (AvgIpc) is 3.19. The number of primary amides is 1. The monoisotopic (exact) mass is 399 g/mol. The third-order valence-corrected chi connectivity index (χ3v) is 4.08. The molecular weight excluding hydrogens is 384 g/mol. The third kappa shape index (κ3) is 4.10. The van der Waals surface area contributed by atoms with Crippen molar-refractivity contribution in [1.29, 1.82) is 0 Å². The highest BCUT2D eigenvalue weighted by molar-refractivity contribution is 6.11. The molecule has 3 aromatic rings. The van der Waals surface area contributed by atoms with Crippen molar-refractivity contribution < 1.29 is 23.2 Å². The number of amides is 3. The fourth-order valence-corrected chi connectivity index (χ4v) is 2.56. The van der Waals surface area contributed by atoms with E-state index in [1.54, 1.807) is 0 Å². The van der Waals surface area contributed by atoms with Crippen LogP contribution in [0.4, 0.5) is 20.2 Å². The summed E-state index contributed by atoms with van der Waals surface area (Å²) in [6, 6.07) is 8.57. The zero-order chi connectivity index (χ0) is 21.1. The number of benzene rings is 2. The molecular formula is C19H15F2N5O3. The van der Waals surface area contributed by atoms with Crippen LogP contribution in [-0.2, 0) is 0 Å². The highest BCUT2D eigenvalue weighted by atomic mass is 19.1. The highest BCUT2D eigenvalue weighted by Crippen LogP contribution is 2.20. The van der Waals surface area contributed by atoms with Gasteiger partial charge in [0, 0.05) is 18.4 Å². The Hall–Kier alpha value is -4.08. The van der Waals surface area contributed by atoms with E-state index < -0.39 is 34.9 Å². The van der Waals surface area contributed by atoms with Crippen molar-refractivity contribution in [3.8, 4) is 0 Å². The second kappa shape index (κ2) is 7.89. The maximum absolute atomic E-state index is 13.7. The minimum atomic E-state index is -0.852. The normalized spacial score (nSPS) is 10.4. The van der Waals surface area contributed by atoms with Crippen molar-refractivity contribution in [3.05, 3.63) is 77.4 Å². The predicted octanol–water partition coefficient (Wildman–Crippen LogP) is 2.32. The molecule has 4 N–H and O–H groups in total. The number of anilines is 2. The number of aromatic nitrogens is 2. The smallest absolute Gasteiger partial charge is 0.279 e. The first-order chi connectivity index (χ1) is 13.8. The molecule has 0 aliphatic rings. The molecule has 2 aromatic carbocycles. The number of imidazole rings is 1. The zero-order valence-corrected chi connectivity index (χ0v) is 15.1. The summed E-state index contributed by atoms with van der Waals surface area (Å²) < 4.78 is 26.9. The maximum Gasteiger partial charge on any atom is 0.279 e. The van der Waals surface area contributed by atoms with Gasteiger partial charge in [-0.25, -0.2) is 13.8 Å². The lowest BCUT2D eigenvalue weighted by atomic mass is 10.2. The molecule has 0 saturated heterocycles. The minimum Gasteiger partial charge on any atom is -0.364 e. The summed E-state index contributed by atoms with van der Waals surface area (Å²) in [6.07, 6.45) is 1.19. The van der Waals surface area contributed by atoms with Gasteiger partial charge in [-0.15, -0.1) is 0 Å². The number of H-pyrrole nitrogens is 1. The Labute approximate surface area is 163 Å².